The molecule has 1 nitrogen and oxygen atoms in total. The molecule has 0 amide bonds. The molecule has 1 aliphatic rings. The molecule has 1 aliphatic carbocycles. The van der Waals surface area contributed by atoms with Gasteiger partial charge in [0, 0.05) is 11.3 Å². The average Bonchev–Trinajstić information content (AvgIpc) is 2.48. The van der Waals surface area contributed by atoms with E-state index in [4.69, 9.17) is 0 Å². The third-order valence-corrected chi connectivity index (χ3v) is 3.92. The minimum atomic E-state index is 0.372. The van der Waals surface area contributed by atoms with Gasteiger partial charge in [-0.3, -0.25) is 4.79 Å². The lowest BCUT2D eigenvalue weighted by atomic mass is 10.1. The number of aryl methyl sites for hydroxylation is 2. The number of rotatable bonds is 1. The van der Waals surface area contributed by atoms with Crippen molar-refractivity contribution in [2.75, 3.05) is 0 Å². The van der Waals surface area contributed by atoms with Crippen LogP contribution in [0.5, 0.6) is 0 Å². The molecule has 0 radical (unpaired) electrons. The summed E-state index contributed by atoms with van der Waals surface area (Å²) < 4.78 is 0. The van der Waals surface area contributed by atoms with Crippen LogP contribution in [0.2, 0.25) is 0 Å². The van der Waals surface area contributed by atoms with Gasteiger partial charge in [0.05, 0.1) is 4.88 Å². The number of carbonyl (C=O) groups is 1. The van der Waals surface area contributed by atoms with Crippen molar-refractivity contribution in [3.05, 3.63) is 21.4 Å². The Hall–Kier alpha value is -0.630. The second-order valence-electron chi connectivity index (χ2n) is 3.55. The Kier molecular flexibility index (Phi) is 2.49. The van der Waals surface area contributed by atoms with E-state index in [0.29, 0.717) is 5.78 Å². The van der Waals surface area contributed by atoms with Gasteiger partial charge < -0.3 is 0 Å². The summed E-state index contributed by atoms with van der Waals surface area (Å²) in [6, 6.07) is 2.23. The van der Waals surface area contributed by atoms with Crippen LogP contribution >= 0.6 is 11.3 Å². The molecule has 1 aromatic rings. The third-order valence-electron chi connectivity index (χ3n) is 2.56. The summed E-state index contributed by atoms with van der Waals surface area (Å²) >= 11 is 1.71. The summed E-state index contributed by atoms with van der Waals surface area (Å²) in [5.74, 6) is 0.372. The number of ketones is 1. The van der Waals surface area contributed by atoms with E-state index in [1.54, 1.807) is 11.3 Å². The highest BCUT2D eigenvalue weighted by molar-refractivity contribution is 7.14. The van der Waals surface area contributed by atoms with Gasteiger partial charge in [-0.15, -0.1) is 11.3 Å². The number of fused-ring (bicyclic) bond motifs is 1. The van der Waals surface area contributed by atoms with Gasteiger partial charge in [-0.1, -0.05) is 6.92 Å². The maximum atomic E-state index is 11.6. The highest BCUT2D eigenvalue weighted by atomic mass is 32.1. The lowest BCUT2D eigenvalue weighted by Crippen LogP contribution is -1.94. The fraction of sp³-hybridized carbons (Fsp3) is 0.545. The van der Waals surface area contributed by atoms with Gasteiger partial charge in [-0.2, -0.15) is 0 Å². The maximum absolute atomic E-state index is 11.6. The molecule has 13 heavy (non-hydrogen) atoms. The normalized spacial score (nSPS) is 16.8. The van der Waals surface area contributed by atoms with Crippen LogP contribution in [0.25, 0.3) is 0 Å². The highest BCUT2D eigenvalue weighted by Crippen LogP contribution is 2.28. The molecule has 0 N–H and O–H groups in total. The van der Waals surface area contributed by atoms with Crippen LogP contribution in [0, 0.1) is 0 Å². The highest BCUT2D eigenvalue weighted by Gasteiger charge is 2.18. The number of carbonyl (C=O) groups excluding carboxylic acids is 1. The molecule has 0 saturated carbocycles. The van der Waals surface area contributed by atoms with Crippen LogP contribution in [-0.4, -0.2) is 5.78 Å². The zero-order valence-electron chi connectivity index (χ0n) is 7.93. The molecular weight excluding hydrogens is 180 g/mol. The molecule has 1 aromatic heterocycles. The second-order valence-corrected chi connectivity index (χ2v) is 4.69. The van der Waals surface area contributed by atoms with Crippen LogP contribution in [0.4, 0.5) is 0 Å². The molecule has 1 heterocycles. The first kappa shape index (κ1) is 8.95. The molecule has 0 atom stereocenters. The predicted molar refractivity (Wildman–Crippen MR) is 55.6 cm³/mol. The Bertz CT molecular complexity index is 325. The van der Waals surface area contributed by atoms with Crippen LogP contribution in [0.15, 0.2) is 6.07 Å². The van der Waals surface area contributed by atoms with Gasteiger partial charge >= 0.3 is 0 Å². The van der Waals surface area contributed by atoms with Crippen molar-refractivity contribution in [1.29, 1.82) is 0 Å². The van der Waals surface area contributed by atoms with E-state index >= 15 is 0 Å². The quantitative estimate of drug-likeness (QED) is 0.627. The van der Waals surface area contributed by atoms with E-state index in [-0.39, 0.29) is 0 Å². The van der Waals surface area contributed by atoms with Crippen molar-refractivity contribution < 1.29 is 4.79 Å². The number of Topliss-reactive ketones (excluding diaryl/α,β-unsaturated/α-hetero) is 1. The molecule has 2 heteroatoms. The summed E-state index contributed by atoms with van der Waals surface area (Å²) in [6.45, 7) is 2.15. The minimum absolute atomic E-state index is 0.372. The standard InChI is InChI=1S/C11H14OS/c1-2-9-7-8-5-3-4-6-10(12)11(8)13-9/h7H,2-6H2,1H3. The van der Waals surface area contributed by atoms with E-state index in [0.717, 1.165) is 30.6 Å². The molecule has 0 aliphatic heterocycles. The fourth-order valence-electron chi connectivity index (χ4n) is 1.80. The summed E-state index contributed by atoms with van der Waals surface area (Å²) in [6.07, 6.45) is 5.18. The minimum Gasteiger partial charge on any atom is -0.293 e. The Labute approximate surface area is 82.8 Å². The maximum Gasteiger partial charge on any atom is 0.173 e. The van der Waals surface area contributed by atoms with Crippen molar-refractivity contribution >= 4 is 17.1 Å². The summed E-state index contributed by atoms with van der Waals surface area (Å²) in [5.41, 5.74) is 1.31. The first-order chi connectivity index (χ1) is 6.31. The van der Waals surface area contributed by atoms with E-state index in [1.165, 1.54) is 16.9 Å². The van der Waals surface area contributed by atoms with E-state index in [2.05, 4.69) is 13.0 Å². The average molecular weight is 194 g/mol. The van der Waals surface area contributed by atoms with Gasteiger partial charge in [-0.05, 0) is 37.3 Å². The topological polar surface area (TPSA) is 17.1 Å². The van der Waals surface area contributed by atoms with Crippen LogP contribution < -0.4 is 0 Å². The molecule has 0 bridgehead atoms. The number of hydrogen-bond acceptors (Lipinski definition) is 2. The van der Waals surface area contributed by atoms with Gasteiger partial charge in [-0.25, -0.2) is 0 Å². The van der Waals surface area contributed by atoms with E-state index in [1.807, 2.05) is 0 Å². The van der Waals surface area contributed by atoms with Crippen molar-refractivity contribution in [2.24, 2.45) is 0 Å². The second kappa shape index (κ2) is 3.62. The summed E-state index contributed by atoms with van der Waals surface area (Å²) in [5, 5.41) is 0. The molecule has 0 unspecified atom stereocenters. The SMILES string of the molecule is CCc1cc2c(s1)C(=O)CCCC2. The largest absolute Gasteiger partial charge is 0.293 e. The Morgan fingerprint density at radius 3 is 2.92 bits per heavy atom. The van der Waals surface area contributed by atoms with Crippen LogP contribution in [0.3, 0.4) is 0 Å². The monoisotopic (exact) mass is 194 g/mol. The predicted octanol–water partition coefficient (Wildman–Crippen LogP) is 3.22. The Balaban J connectivity index is 2.39. The van der Waals surface area contributed by atoms with Gasteiger partial charge in [0.25, 0.3) is 0 Å². The zero-order chi connectivity index (χ0) is 9.26. The van der Waals surface area contributed by atoms with Gasteiger partial charge in [0.2, 0.25) is 0 Å². The van der Waals surface area contributed by atoms with E-state index in [9.17, 15) is 4.79 Å². The molecular formula is C11H14OS. The molecule has 0 spiro atoms. The first-order valence-electron chi connectivity index (χ1n) is 4.96. The van der Waals surface area contributed by atoms with Gasteiger partial charge in [0.15, 0.2) is 5.78 Å². The van der Waals surface area contributed by atoms with Crippen molar-refractivity contribution in [1.82, 2.24) is 0 Å². The summed E-state index contributed by atoms with van der Waals surface area (Å²) in [4.78, 5) is 14.1. The van der Waals surface area contributed by atoms with Crippen LogP contribution in [0.1, 0.15) is 46.3 Å². The third kappa shape index (κ3) is 1.68. The van der Waals surface area contributed by atoms with Crippen molar-refractivity contribution in [2.45, 2.75) is 39.0 Å². The number of hydrogen-bond donors (Lipinski definition) is 0. The van der Waals surface area contributed by atoms with Crippen molar-refractivity contribution in [3.63, 3.8) is 0 Å². The molecule has 0 aromatic carbocycles. The molecule has 2 rings (SSSR count). The van der Waals surface area contributed by atoms with E-state index < -0.39 is 0 Å². The smallest absolute Gasteiger partial charge is 0.173 e. The lowest BCUT2D eigenvalue weighted by molar-refractivity contribution is 0.0986. The first-order valence-corrected chi connectivity index (χ1v) is 5.77. The van der Waals surface area contributed by atoms with Gasteiger partial charge in [0.1, 0.15) is 0 Å². The molecule has 0 saturated heterocycles. The Morgan fingerprint density at radius 1 is 1.38 bits per heavy atom. The van der Waals surface area contributed by atoms with Crippen molar-refractivity contribution in [3.8, 4) is 0 Å². The molecule has 70 valence electrons. The summed E-state index contributed by atoms with van der Waals surface area (Å²) in [7, 11) is 0. The molecule has 0 fully saturated rings. The number of thiophene rings is 1. The Morgan fingerprint density at radius 2 is 2.15 bits per heavy atom. The van der Waals surface area contributed by atoms with Crippen LogP contribution in [-0.2, 0) is 12.8 Å². The fourth-order valence-corrected chi connectivity index (χ4v) is 2.91. The lowest BCUT2D eigenvalue weighted by Gasteiger charge is -1.92. The zero-order valence-corrected chi connectivity index (χ0v) is 8.75.